The number of aliphatic hydroxyl groups excluding tert-OH is 2. The molecule has 3 aliphatic carbocycles. The zero-order valence-corrected chi connectivity index (χ0v) is 11.7. The van der Waals surface area contributed by atoms with Gasteiger partial charge in [-0.25, -0.2) is 0 Å². The average molecular weight is 254 g/mol. The molecule has 0 aliphatic heterocycles. The molecule has 3 aliphatic rings. The molecule has 3 atom stereocenters. The lowest BCUT2D eigenvalue weighted by molar-refractivity contribution is 0.0491. The molecule has 18 heavy (non-hydrogen) atoms. The van der Waals surface area contributed by atoms with Crippen LogP contribution in [0.2, 0.25) is 0 Å². The number of rotatable bonds is 0. The van der Waals surface area contributed by atoms with E-state index in [2.05, 4.69) is 0 Å². The van der Waals surface area contributed by atoms with E-state index in [0.29, 0.717) is 0 Å². The van der Waals surface area contributed by atoms with Crippen molar-refractivity contribution in [3.8, 4) is 0 Å². The Morgan fingerprint density at radius 3 is 1.72 bits per heavy atom. The molecule has 3 fully saturated rings. The van der Waals surface area contributed by atoms with Crippen LogP contribution in [0.4, 0.5) is 0 Å². The third-order valence-electron chi connectivity index (χ3n) is 5.09. The highest BCUT2D eigenvalue weighted by Crippen LogP contribution is 2.40. The number of aliphatic hydroxyl groups is 2. The molecule has 106 valence electrons. The fraction of sp³-hybridized carbons (Fsp3) is 1.00. The second-order valence-electron chi connectivity index (χ2n) is 6.56. The summed E-state index contributed by atoms with van der Waals surface area (Å²) in [6, 6.07) is 0. The maximum absolute atomic E-state index is 9.45. The third kappa shape index (κ3) is 4.55. The number of fused-ring (bicyclic) bond motifs is 1. The second kappa shape index (κ2) is 7.49. The van der Waals surface area contributed by atoms with Crippen molar-refractivity contribution in [1.82, 2.24) is 0 Å². The van der Waals surface area contributed by atoms with Crippen molar-refractivity contribution >= 4 is 0 Å². The lowest BCUT2D eigenvalue weighted by Crippen LogP contribution is -2.29. The molecule has 0 spiro atoms. The highest BCUT2D eigenvalue weighted by molar-refractivity contribution is 4.82. The zero-order valence-electron chi connectivity index (χ0n) is 11.7. The Hall–Kier alpha value is -0.0800. The summed E-state index contributed by atoms with van der Waals surface area (Å²) in [5, 5.41) is 18.4. The molecular formula is C16H30O2. The average Bonchev–Trinajstić information content (AvgIpc) is 2.40. The van der Waals surface area contributed by atoms with Crippen LogP contribution >= 0.6 is 0 Å². The Balaban J connectivity index is 0.000000149. The van der Waals surface area contributed by atoms with Crippen molar-refractivity contribution < 1.29 is 10.2 Å². The molecule has 0 aromatic carbocycles. The van der Waals surface area contributed by atoms with Gasteiger partial charge in [0.15, 0.2) is 0 Å². The first-order valence-corrected chi connectivity index (χ1v) is 8.12. The minimum Gasteiger partial charge on any atom is -0.393 e. The zero-order chi connectivity index (χ0) is 12.8. The molecule has 0 radical (unpaired) electrons. The minimum absolute atomic E-state index is 0.0359. The number of hydrogen-bond donors (Lipinski definition) is 2. The molecule has 2 N–H and O–H groups in total. The van der Waals surface area contributed by atoms with Gasteiger partial charge in [-0.1, -0.05) is 44.9 Å². The highest BCUT2D eigenvalue weighted by Gasteiger charge is 2.30. The molecule has 0 bridgehead atoms. The van der Waals surface area contributed by atoms with Gasteiger partial charge in [-0.15, -0.1) is 0 Å². The standard InChI is InChI=1S/C10H18O.C6H12O/c11-10-6-5-8-3-1-2-4-9(8)7-10;7-6-4-2-1-3-5-6/h8-11H,1-7H2;6-7H,1-5H2. The molecule has 0 aromatic heterocycles. The van der Waals surface area contributed by atoms with Gasteiger partial charge in [0, 0.05) is 0 Å². The van der Waals surface area contributed by atoms with Crippen LogP contribution in [-0.4, -0.2) is 22.4 Å². The van der Waals surface area contributed by atoms with Crippen LogP contribution in [0.25, 0.3) is 0 Å². The minimum atomic E-state index is 0.0359. The van der Waals surface area contributed by atoms with Crippen LogP contribution in [0, 0.1) is 11.8 Å². The van der Waals surface area contributed by atoms with E-state index in [1.54, 1.807) is 0 Å². The molecule has 0 aromatic rings. The molecular weight excluding hydrogens is 224 g/mol. The lowest BCUT2D eigenvalue weighted by atomic mass is 9.70. The summed E-state index contributed by atoms with van der Waals surface area (Å²) in [5.41, 5.74) is 0. The van der Waals surface area contributed by atoms with E-state index in [9.17, 15) is 5.11 Å². The third-order valence-corrected chi connectivity index (χ3v) is 5.09. The van der Waals surface area contributed by atoms with E-state index >= 15 is 0 Å². The van der Waals surface area contributed by atoms with Gasteiger partial charge in [0.1, 0.15) is 0 Å². The first-order chi connectivity index (χ1) is 8.75. The van der Waals surface area contributed by atoms with Crippen molar-refractivity contribution in [2.75, 3.05) is 0 Å². The largest absolute Gasteiger partial charge is 0.393 e. The maximum atomic E-state index is 9.45. The van der Waals surface area contributed by atoms with Gasteiger partial charge < -0.3 is 10.2 Å². The summed E-state index contributed by atoms with van der Waals surface area (Å²) >= 11 is 0. The van der Waals surface area contributed by atoms with Crippen molar-refractivity contribution in [2.24, 2.45) is 11.8 Å². The van der Waals surface area contributed by atoms with Gasteiger partial charge in [-0.05, 0) is 43.9 Å². The fourth-order valence-electron chi connectivity index (χ4n) is 3.93. The molecule has 0 saturated heterocycles. The second-order valence-corrected chi connectivity index (χ2v) is 6.56. The Kier molecular flexibility index (Phi) is 5.97. The highest BCUT2D eigenvalue weighted by atomic mass is 16.3. The van der Waals surface area contributed by atoms with Crippen molar-refractivity contribution in [3.05, 3.63) is 0 Å². The van der Waals surface area contributed by atoms with Gasteiger partial charge in [-0.3, -0.25) is 0 Å². The molecule has 3 unspecified atom stereocenters. The normalized spacial score (nSPS) is 37.3. The predicted octanol–water partition coefficient (Wildman–Crippen LogP) is 3.65. The van der Waals surface area contributed by atoms with Gasteiger partial charge in [0.05, 0.1) is 12.2 Å². The van der Waals surface area contributed by atoms with E-state index in [4.69, 9.17) is 5.11 Å². The van der Waals surface area contributed by atoms with Gasteiger partial charge in [-0.2, -0.15) is 0 Å². The monoisotopic (exact) mass is 254 g/mol. The summed E-state index contributed by atoms with van der Waals surface area (Å²) in [5.74, 6) is 1.86. The lowest BCUT2D eigenvalue weighted by Gasteiger charge is -2.37. The van der Waals surface area contributed by atoms with Crippen molar-refractivity contribution in [1.29, 1.82) is 0 Å². The van der Waals surface area contributed by atoms with Crippen LogP contribution in [0.3, 0.4) is 0 Å². The molecule has 3 saturated carbocycles. The summed E-state index contributed by atoms with van der Waals surface area (Å²) in [6.07, 6.45) is 15.1. The first kappa shape index (κ1) is 14.3. The molecule has 0 heterocycles. The van der Waals surface area contributed by atoms with Crippen LogP contribution in [0.15, 0.2) is 0 Å². The van der Waals surface area contributed by atoms with E-state index in [-0.39, 0.29) is 12.2 Å². The Labute approximate surface area is 112 Å². The van der Waals surface area contributed by atoms with Crippen LogP contribution in [-0.2, 0) is 0 Å². The van der Waals surface area contributed by atoms with Crippen LogP contribution in [0.5, 0.6) is 0 Å². The van der Waals surface area contributed by atoms with E-state index in [1.165, 1.54) is 51.4 Å². The van der Waals surface area contributed by atoms with Gasteiger partial charge >= 0.3 is 0 Å². The summed E-state index contributed by atoms with van der Waals surface area (Å²) in [6.45, 7) is 0. The molecule has 0 amide bonds. The van der Waals surface area contributed by atoms with Crippen molar-refractivity contribution in [2.45, 2.75) is 89.3 Å². The Morgan fingerprint density at radius 1 is 0.500 bits per heavy atom. The van der Waals surface area contributed by atoms with E-state index in [1.807, 2.05) is 0 Å². The Bertz CT molecular complexity index is 223. The molecule has 2 nitrogen and oxygen atoms in total. The Morgan fingerprint density at radius 2 is 1.11 bits per heavy atom. The quantitative estimate of drug-likeness (QED) is 0.693. The van der Waals surface area contributed by atoms with Gasteiger partial charge in [0.25, 0.3) is 0 Å². The van der Waals surface area contributed by atoms with Crippen molar-refractivity contribution in [3.63, 3.8) is 0 Å². The van der Waals surface area contributed by atoms with E-state index < -0.39 is 0 Å². The van der Waals surface area contributed by atoms with Crippen LogP contribution < -0.4 is 0 Å². The SMILES string of the molecule is OC1CCC2CCCCC2C1.OC1CCCCC1. The first-order valence-electron chi connectivity index (χ1n) is 8.12. The van der Waals surface area contributed by atoms with Crippen LogP contribution in [0.1, 0.15) is 77.0 Å². The number of hydrogen-bond acceptors (Lipinski definition) is 2. The predicted molar refractivity (Wildman–Crippen MR) is 74.4 cm³/mol. The molecule has 2 heteroatoms. The molecule has 3 rings (SSSR count). The topological polar surface area (TPSA) is 40.5 Å². The summed E-state index contributed by atoms with van der Waals surface area (Å²) in [7, 11) is 0. The smallest absolute Gasteiger partial charge is 0.0543 e. The van der Waals surface area contributed by atoms with Gasteiger partial charge in [0.2, 0.25) is 0 Å². The maximum Gasteiger partial charge on any atom is 0.0543 e. The fourth-order valence-corrected chi connectivity index (χ4v) is 3.93. The van der Waals surface area contributed by atoms with E-state index in [0.717, 1.165) is 37.5 Å². The summed E-state index contributed by atoms with van der Waals surface area (Å²) < 4.78 is 0. The summed E-state index contributed by atoms with van der Waals surface area (Å²) in [4.78, 5) is 0.